The number of amides is 1. The summed E-state index contributed by atoms with van der Waals surface area (Å²) in [6.45, 7) is 2.76. The third kappa shape index (κ3) is 5.10. The van der Waals surface area contributed by atoms with E-state index in [1.54, 1.807) is 38.1 Å². The van der Waals surface area contributed by atoms with Crippen LogP contribution in [0.3, 0.4) is 0 Å². The first-order chi connectivity index (χ1) is 13.9. The van der Waals surface area contributed by atoms with Crippen molar-refractivity contribution in [1.29, 1.82) is 0 Å². The fourth-order valence-electron chi connectivity index (χ4n) is 2.48. The van der Waals surface area contributed by atoms with Gasteiger partial charge in [-0.15, -0.1) is 5.10 Å². The molecule has 0 aliphatic rings. The lowest BCUT2D eigenvalue weighted by molar-refractivity contribution is -0.141. The molecule has 9 heteroatoms. The first kappa shape index (κ1) is 19.9. The minimum absolute atomic E-state index is 0.00743. The highest BCUT2D eigenvalue weighted by Crippen LogP contribution is 2.16. The number of nitrogens with zero attached hydrogens (tertiary/aromatic N) is 4. The van der Waals surface area contributed by atoms with Gasteiger partial charge in [-0.3, -0.25) is 4.79 Å². The van der Waals surface area contributed by atoms with E-state index in [0.717, 1.165) is 11.1 Å². The lowest BCUT2D eigenvalue weighted by Gasteiger charge is -2.10. The Hall–Kier alpha value is -3.88. The molecular formula is C20H18FN5O3. The van der Waals surface area contributed by atoms with Crippen LogP contribution in [0.4, 0.5) is 10.1 Å². The van der Waals surface area contributed by atoms with Crippen LogP contribution in [0.1, 0.15) is 17.0 Å². The first-order valence-electron chi connectivity index (χ1n) is 8.69. The normalized spacial score (nSPS) is 11.2. The average molecular weight is 395 g/mol. The molecule has 0 aliphatic carbocycles. The number of halogens is 1. The van der Waals surface area contributed by atoms with E-state index in [0.29, 0.717) is 5.82 Å². The van der Waals surface area contributed by atoms with Gasteiger partial charge >= 0.3 is 5.97 Å². The van der Waals surface area contributed by atoms with Gasteiger partial charge in [-0.1, -0.05) is 36.4 Å². The van der Waals surface area contributed by atoms with Gasteiger partial charge in [0.05, 0.1) is 5.69 Å². The Morgan fingerprint density at radius 2 is 1.93 bits per heavy atom. The lowest BCUT2D eigenvalue weighted by atomic mass is 10.2. The second-order valence-corrected chi connectivity index (χ2v) is 6.19. The molecule has 8 nitrogen and oxygen atoms in total. The van der Waals surface area contributed by atoms with Crippen molar-refractivity contribution in [1.82, 2.24) is 20.2 Å². The molecule has 0 aliphatic heterocycles. The van der Waals surface area contributed by atoms with E-state index in [4.69, 9.17) is 4.74 Å². The fourth-order valence-corrected chi connectivity index (χ4v) is 2.48. The van der Waals surface area contributed by atoms with Gasteiger partial charge in [0, 0.05) is 0 Å². The summed E-state index contributed by atoms with van der Waals surface area (Å²) in [4.78, 5) is 24.7. The molecule has 148 valence electrons. The third-order valence-corrected chi connectivity index (χ3v) is 3.90. The number of anilines is 1. The number of hydrogen-bond donors (Lipinski definition) is 1. The number of nitrogens with one attached hydrogen (secondary N) is 1. The summed E-state index contributed by atoms with van der Waals surface area (Å²) in [7, 11) is 0. The maximum atomic E-state index is 13.9. The monoisotopic (exact) mass is 395 g/mol. The minimum Gasteiger partial charge on any atom is -0.451 e. The molecule has 1 aromatic heterocycles. The molecule has 0 saturated carbocycles. The summed E-state index contributed by atoms with van der Waals surface area (Å²) in [6.07, 6.45) is 1.54. The van der Waals surface area contributed by atoms with Crippen molar-refractivity contribution in [2.24, 2.45) is 0 Å². The second kappa shape index (κ2) is 8.87. The predicted molar refractivity (Wildman–Crippen MR) is 104 cm³/mol. The minimum atomic E-state index is -0.802. The van der Waals surface area contributed by atoms with Crippen molar-refractivity contribution in [3.8, 4) is 0 Å². The van der Waals surface area contributed by atoms with Gasteiger partial charge < -0.3 is 10.1 Å². The summed E-state index contributed by atoms with van der Waals surface area (Å²) < 4.78 is 20.2. The Balaban J connectivity index is 1.73. The van der Waals surface area contributed by atoms with Crippen LogP contribution in [-0.2, 0) is 14.3 Å². The highest BCUT2D eigenvalue weighted by molar-refractivity contribution is 6.15. The second-order valence-electron chi connectivity index (χ2n) is 6.19. The van der Waals surface area contributed by atoms with Crippen molar-refractivity contribution in [2.75, 3.05) is 11.9 Å². The zero-order valence-electron chi connectivity index (χ0n) is 15.8. The number of aryl methyl sites for hydroxylation is 2. The number of benzene rings is 2. The quantitative estimate of drug-likeness (QED) is 0.509. The summed E-state index contributed by atoms with van der Waals surface area (Å²) >= 11 is 0. The summed E-state index contributed by atoms with van der Waals surface area (Å²) in [5.41, 5.74) is 1.49. The molecule has 0 unspecified atom stereocenters. The summed E-state index contributed by atoms with van der Waals surface area (Å²) in [5, 5.41) is 13.4. The third-order valence-electron chi connectivity index (χ3n) is 3.90. The van der Waals surface area contributed by atoms with Gasteiger partial charge in [-0.25, -0.2) is 9.18 Å². The number of carbonyl (C=O) groups is 2. The van der Waals surface area contributed by atoms with Crippen LogP contribution < -0.4 is 5.32 Å². The molecule has 0 spiro atoms. The van der Waals surface area contributed by atoms with Gasteiger partial charge in [0.25, 0.3) is 5.91 Å². The Morgan fingerprint density at radius 1 is 1.17 bits per heavy atom. The molecule has 29 heavy (non-hydrogen) atoms. The van der Waals surface area contributed by atoms with Gasteiger partial charge in [0.1, 0.15) is 5.82 Å². The highest BCUT2D eigenvalue weighted by atomic mass is 19.1. The Labute approximate surface area is 166 Å². The van der Waals surface area contributed by atoms with Gasteiger partial charge in [-0.2, -0.15) is 4.68 Å². The Morgan fingerprint density at radius 3 is 2.59 bits per heavy atom. The molecular weight excluding hydrogens is 377 g/mol. The molecule has 3 aromatic rings. The molecule has 2 aromatic carbocycles. The van der Waals surface area contributed by atoms with E-state index >= 15 is 0 Å². The smallest absolute Gasteiger partial charge is 0.357 e. The van der Waals surface area contributed by atoms with E-state index in [-0.39, 0.29) is 11.4 Å². The molecule has 1 heterocycles. The number of ether oxygens (including phenoxy) is 1. The summed E-state index contributed by atoms with van der Waals surface area (Å²) in [6, 6.07) is 13.4. The standard InChI is InChI=1S/C20H18FN5O3/c1-13-8-9-17(16(21)10-13)22-19(27)12-29-20(28)18(26-14(2)23-24-25-26)11-15-6-4-3-5-7-15/h3-11H,12H2,1-2H3,(H,22,27)/b18-11-. The van der Waals surface area contributed by atoms with Crippen LogP contribution in [0.25, 0.3) is 11.8 Å². The van der Waals surface area contributed by atoms with Crippen molar-refractivity contribution in [3.05, 3.63) is 71.3 Å². The van der Waals surface area contributed by atoms with E-state index in [1.807, 2.05) is 18.2 Å². The predicted octanol–water partition coefficient (Wildman–Crippen LogP) is 2.61. The maximum Gasteiger partial charge on any atom is 0.357 e. The largest absolute Gasteiger partial charge is 0.451 e. The summed E-state index contributed by atoms with van der Waals surface area (Å²) in [5.74, 6) is -1.67. The number of tetrazole rings is 1. The van der Waals surface area contributed by atoms with Gasteiger partial charge in [-0.05, 0) is 53.6 Å². The Kier molecular flexibility index (Phi) is 6.08. The SMILES string of the molecule is Cc1ccc(NC(=O)COC(=O)/C(=C/c2ccccc2)n2nnnc2C)c(F)c1. The van der Waals surface area contributed by atoms with E-state index in [2.05, 4.69) is 20.8 Å². The molecule has 0 fully saturated rings. The fraction of sp³-hybridized carbons (Fsp3) is 0.150. The number of aromatic nitrogens is 4. The zero-order valence-corrected chi connectivity index (χ0v) is 15.8. The highest BCUT2D eigenvalue weighted by Gasteiger charge is 2.19. The van der Waals surface area contributed by atoms with Crippen LogP contribution in [-0.4, -0.2) is 38.7 Å². The van der Waals surface area contributed by atoms with Crippen LogP contribution in [0.2, 0.25) is 0 Å². The Bertz CT molecular complexity index is 1060. The topological polar surface area (TPSA) is 99.0 Å². The average Bonchev–Trinajstić information content (AvgIpc) is 3.13. The molecule has 0 atom stereocenters. The van der Waals surface area contributed by atoms with E-state index in [1.165, 1.54) is 16.8 Å². The zero-order chi connectivity index (χ0) is 20.8. The first-order valence-corrected chi connectivity index (χ1v) is 8.69. The number of carbonyl (C=O) groups excluding carboxylic acids is 2. The molecule has 0 saturated heterocycles. The molecule has 3 rings (SSSR count). The van der Waals surface area contributed by atoms with Crippen LogP contribution in [0.5, 0.6) is 0 Å². The van der Waals surface area contributed by atoms with Crippen LogP contribution >= 0.6 is 0 Å². The van der Waals surface area contributed by atoms with Gasteiger partial charge in [0.2, 0.25) is 0 Å². The molecule has 1 N–H and O–H groups in total. The van der Waals surface area contributed by atoms with E-state index in [9.17, 15) is 14.0 Å². The van der Waals surface area contributed by atoms with Crippen LogP contribution in [0.15, 0.2) is 48.5 Å². The lowest BCUT2D eigenvalue weighted by Crippen LogP contribution is -2.23. The van der Waals surface area contributed by atoms with Crippen molar-refractivity contribution in [3.63, 3.8) is 0 Å². The van der Waals surface area contributed by atoms with Gasteiger partial charge in [0.15, 0.2) is 18.1 Å². The molecule has 0 radical (unpaired) electrons. The maximum absolute atomic E-state index is 13.9. The van der Waals surface area contributed by atoms with Crippen molar-refractivity contribution in [2.45, 2.75) is 13.8 Å². The number of rotatable bonds is 6. The molecule has 1 amide bonds. The van der Waals surface area contributed by atoms with Crippen molar-refractivity contribution >= 4 is 29.3 Å². The van der Waals surface area contributed by atoms with E-state index < -0.39 is 24.3 Å². The van der Waals surface area contributed by atoms with Crippen LogP contribution in [0, 0.1) is 19.7 Å². The number of hydrogen-bond acceptors (Lipinski definition) is 6. The molecule has 0 bridgehead atoms. The van der Waals surface area contributed by atoms with Crippen molar-refractivity contribution < 1.29 is 18.7 Å². The number of esters is 1.